The van der Waals surface area contributed by atoms with Crippen molar-refractivity contribution in [3.05, 3.63) is 76.7 Å². The fourth-order valence-corrected chi connectivity index (χ4v) is 5.19. The zero-order valence-corrected chi connectivity index (χ0v) is 23.7. The zero-order chi connectivity index (χ0) is 26.7. The second-order valence-corrected chi connectivity index (χ2v) is 12.6. The summed E-state index contributed by atoms with van der Waals surface area (Å²) in [5.41, 5.74) is 6.89. The summed E-state index contributed by atoms with van der Waals surface area (Å²) in [7, 11) is 0. The Kier molecular flexibility index (Phi) is 8.50. The molecule has 36 heavy (non-hydrogen) atoms. The number of carboxylic acid groups (broad SMARTS) is 1. The van der Waals surface area contributed by atoms with E-state index in [0.29, 0.717) is 5.75 Å². The van der Waals surface area contributed by atoms with Crippen molar-refractivity contribution in [3.8, 4) is 11.1 Å². The van der Waals surface area contributed by atoms with Gasteiger partial charge in [0, 0.05) is 34.4 Å². The second kappa shape index (κ2) is 11.0. The summed E-state index contributed by atoms with van der Waals surface area (Å²) in [4.78, 5) is 23.5. The Morgan fingerprint density at radius 2 is 1.64 bits per heavy atom. The molecule has 192 valence electrons. The highest BCUT2D eigenvalue weighted by atomic mass is 32.2. The van der Waals surface area contributed by atoms with Gasteiger partial charge in [-0.3, -0.25) is 9.88 Å². The van der Waals surface area contributed by atoms with Crippen molar-refractivity contribution in [2.75, 3.05) is 0 Å². The third-order valence-electron chi connectivity index (χ3n) is 6.09. The molecule has 5 nitrogen and oxygen atoms in total. The van der Waals surface area contributed by atoms with Crippen molar-refractivity contribution >= 4 is 17.9 Å². The van der Waals surface area contributed by atoms with E-state index in [4.69, 9.17) is 4.98 Å². The molecule has 0 aliphatic rings. The SMILES string of the molecule is Cc1ccc(-c2c(CSc3ccccn3)c(C)nc(CC(C)(C)C)c2CN(C(=O)O)C(C)(C)C)cc1. The van der Waals surface area contributed by atoms with Gasteiger partial charge in [0.05, 0.1) is 11.6 Å². The molecule has 6 heteroatoms. The minimum Gasteiger partial charge on any atom is -0.465 e. The molecule has 3 rings (SSSR count). The topological polar surface area (TPSA) is 66.3 Å². The van der Waals surface area contributed by atoms with Crippen molar-refractivity contribution in [1.82, 2.24) is 14.9 Å². The molecule has 3 aromatic rings. The molecule has 0 spiro atoms. The summed E-state index contributed by atoms with van der Waals surface area (Å²) >= 11 is 1.68. The van der Waals surface area contributed by atoms with Gasteiger partial charge in [-0.25, -0.2) is 9.78 Å². The van der Waals surface area contributed by atoms with E-state index < -0.39 is 11.6 Å². The lowest BCUT2D eigenvalue weighted by Crippen LogP contribution is -2.44. The Balaban J connectivity index is 2.28. The van der Waals surface area contributed by atoms with Crippen LogP contribution in [0.2, 0.25) is 0 Å². The largest absolute Gasteiger partial charge is 0.465 e. The number of rotatable bonds is 7. The van der Waals surface area contributed by atoms with Crippen LogP contribution in [-0.2, 0) is 18.7 Å². The molecular formula is C30H39N3O2S. The van der Waals surface area contributed by atoms with Crippen molar-refractivity contribution in [2.45, 2.75) is 84.7 Å². The molecule has 0 saturated carbocycles. The molecule has 0 saturated heterocycles. The van der Waals surface area contributed by atoms with E-state index in [-0.39, 0.29) is 12.0 Å². The van der Waals surface area contributed by atoms with Gasteiger partial charge >= 0.3 is 6.09 Å². The lowest BCUT2D eigenvalue weighted by molar-refractivity contribution is 0.0953. The highest BCUT2D eigenvalue weighted by Gasteiger charge is 2.30. The van der Waals surface area contributed by atoms with Gasteiger partial charge in [-0.05, 0) is 75.3 Å². The number of benzene rings is 1. The number of thioether (sulfide) groups is 1. The van der Waals surface area contributed by atoms with Crippen molar-refractivity contribution < 1.29 is 9.90 Å². The molecule has 1 amide bonds. The van der Waals surface area contributed by atoms with Crippen LogP contribution in [0.1, 0.15) is 69.6 Å². The van der Waals surface area contributed by atoms with Gasteiger partial charge in [0.15, 0.2) is 0 Å². The molecule has 0 bridgehead atoms. The number of aryl methyl sites for hydroxylation is 2. The summed E-state index contributed by atoms with van der Waals surface area (Å²) < 4.78 is 0. The normalized spacial score (nSPS) is 12.0. The highest BCUT2D eigenvalue weighted by Crippen LogP contribution is 2.38. The molecule has 1 N–H and O–H groups in total. The average molecular weight is 506 g/mol. The zero-order valence-electron chi connectivity index (χ0n) is 22.8. The number of pyridine rings is 2. The fraction of sp³-hybridized carbons (Fsp3) is 0.433. The number of hydrogen-bond donors (Lipinski definition) is 1. The smallest absolute Gasteiger partial charge is 0.408 e. The monoisotopic (exact) mass is 505 g/mol. The maximum Gasteiger partial charge on any atom is 0.408 e. The third kappa shape index (κ3) is 7.10. The van der Waals surface area contributed by atoms with Crippen molar-refractivity contribution in [2.24, 2.45) is 5.41 Å². The Morgan fingerprint density at radius 3 is 2.17 bits per heavy atom. The van der Waals surface area contributed by atoms with Crippen LogP contribution in [0.5, 0.6) is 0 Å². The minimum absolute atomic E-state index is 0.00124. The lowest BCUT2D eigenvalue weighted by atomic mass is 9.84. The van der Waals surface area contributed by atoms with Crippen molar-refractivity contribution in [1.29, 1.82) is 0 Å². The summed E-state index contributed by atoms with van der Waals surface area (Å²) in [5.74, 6) is 0.699. The van der Waals surface area contributed by atoms with Gasteiger partial charge in [0.1, 0.15) is 0 Å². The number of carbonyl (C=O) groups is 1. The molecule has 2 aromatic heterocycles. The summed E-state index contributed by atoms with van der Waals surface area (Å²) in [6.07, 6.45) is 1.64. The van der Waals surface area contributed by atoms with Gasteiger partial charge in [-0.1, -0.05) is 56.7 Å². The molecule has 0 unspecified atom stereocenters. The predicted octanol–water partition coefficient (Wildman–Crippen LogP) is 7.92. The maximum atomic E-state index is 12.4. The van der Waals surface area contributed by atoms with Crippen LogP contribution in [0.4, 0.5) is 4.79 Å². The molecule has 0 aliphatic carbocycles. The van der Waals surface area contributed by atoms with E-state index in [1.54, 1.807) is 18.0 Å². The van der Waals surface area contributed by atoms with Crippen LogP contribution < -0.4 is 0 Å². The summed E-state index contributed by atoms with van der Waals surface area (Å²) in [6.45, 7) is 16.8. The molecule has 0 aliphatic heterocycles. The number of nitrogens with zero attached hydrogens (tertiary/aromatic N) is 3. The van der Waals surface area contributed by atoms with Crippen molar-refractivity contribution in [3.63, 3.8) is 0 Å². The highest BCUT2D eigenvalue weighted by molar-refractivity contribution is 7.98. The molecule has 0 radical (unpaired) electrons. The first-order chi connectivity index (χ1) is 16.8. The van der Waals surface area contributed by atoms with E-state index in [9.17, 15) is 9.90 Å². The first kappa shape index (κ1) is 27.7. The van der Waals surface area contributed by atoms with Gasteiger partial charge < -0.3 is 5.11 Å². The molecule has 0 fully saturated rings. The maximum absolute atomic E-state index is 12.4. The van der Waals surface area contributed by atoms with E-state index in [2.05, 4.69) is 63.9 Å². The van der Waals surface area contributed by atoms with Gasteiger partial charge in [-0.2, -0.15) is 0 Å². The molecule has 0 atom stereocenters. The molecular weight excluding hydrogens is 466 g/mol. The number of aromatic nitrogens is 2. The van der Waals surface area contributed by atoms with Gasteiger partial charge in [0.25, 0.3) is 0 Å². The number of hydrogen-bond acceptors (Lipinski definition) is 4. The van der Waals surface area contributed by atoms with Crippen LogP contribution in [-0.4, -0.2) is 31.6 Å². The van der Waals surface area contributed by atoms with Gasteiger partial charge in [0.2, 0.25) is 0 Å². The molecule has 1 aromatic carbocycles. The fourth-order valence-electron chi connectivity index (χ4n) is 4.24. The van der Waals surface area contributed by atoms with Gasteiger partial charge in [-0.15, -0.1) is 11.8 Å². The van der Waals surface area contributed by atoms with Crippen LogP contribution in [0.25, 0.3) is 11.1 Å². The van der Waals surface area contributed by atoms with Crippen LogP contribution in [0, 0.1) is 19.3 Å². The first-order valence-electron chi connectivity index (χ1n) is 12.4. The van der Waals surface area contributed by atoms with E-state index in [1.807, 2.05) is 39.0 Å². The van der Waals surface area contributed by atoms with E-state index in [1.165, 1.54) is 10.5 Å². The Bertz CT molecular complexity index is 1190. The summed E-state index contributed by atoms with van der Waals surface area (Å²) in [5, 5.41) is 11.1. The second-order valence-electron chi connectivity index (χ2n) is 11.6. The molecule has 2 heterocycles. The van der Waals surface area contributed by atoms with Crippen LogP contribution >= 0.6 is 11.8 Å². The summed E-state index contributed by atoms with van der Waals surface area (Å²) in [6, 6.07) is 14.4. The average Bonchev–Trinajstić information content (AvgIpc) is 2.76. The minimum atomic E-state index is -0.927. The lowest BCUT2D eigenvalue weighted by Gasteiger charge is -2.35. The Labute approximate surface area is 220 Å². The van der Waals surface area contributed by atoms with Crippen LogP contribution in [0.15, 0.2) is 53.7 Å². The number of amides is 1. The van der Waals surface area contributed by atoms with E-state index in [0.717, 1.165) is 45.1 Å². The quantitative estimate of drug-likeness (QED) is 0.330. The Hall–Kier alpha value is -2.86. The van der Waals surface area contributed by atoms with E-state index >= 15 is 0 Å². The standard InChI is InChI=1S/C30H39N3O2S/c1-20-12-14-22(15-13-20)27-23(18-33(28(34)35)30(6,7)8)25(17-29(3,4)5)32-21(2)24(27)19-36-26-11-9-10-16-31-26/h9-16H,17-19H2,1-8H3,(H,34,35). The third-order valence-corrected chi connectivity index (χ3v) is 7.06. The Morgan fingerprint density at radius 1 is 0.972 bits per heavy atom. The predicted molar refractivity (Wildman–Crippen MR) is 149 cm³/mol. The van der Waals surface area contributed by atoms with Crippen LogP contribution in [0.3, 0.4) is 0 Å². The first-order valence-corrected chi connectivity index (χ1v) is 13.4.